The first kappa shape index (κ1) is 15.2. The lowest BCUT2D eigenvalue weighted by Crippen LogP contribution is -2.40. The van der Waals surface area contributed by atoms with Crippen LogP contribution in [0.1, 0.15) is 50.3 Å². The van der Waals surface area contributed by atoms with Crippen LogP contribution in [0.3, 0.4) is 0 Å². The number of Topliss-reactive ketones (excluding diaryl/α,β-unsaturated/α-hetero) is 1. The first-order chi connectivity index (χ1) is 9.66. The number of carbonyl (C=O) groups is 1. The molecule has 1 aliphatic heterocycles. The largest absolute Gasteiger partial charge is 0.373 e. The van der Waals surface area contributed by atoms with E-state index in [0.29, 0.717) is 25.9 Å². The van der Waals surface area contributed by atoms with Gasteiger partial charge >= 0.3 is 0 Å². The van der Waals surface area contributed by atoms with Crippen LogP contribution in [-0.4, -0.2) is 25.1 Å². The van der Waals surface area contributed by atoms with Crippen molar-refractivity contribution in [3.63, 3.8) is 0 Å². The lowest BCUT2D eigenvalue weighted by atomic mass is 9.86. The molecule has 3 nitrogen and oxygen atoms in total. The average Bonchev–Trinajstić information content (AvgIpc) is 2.50. The number of ketones is 1. The van der Waals surface area contributed by atoms with Crippen LogP contribution >= 0.6 is 0 Å². The quantitative estimate of drug-likeness (QED) is 0.798. The van der Waals surface area contributed by atoms with Gasteiger partial charge in [0, 0.05) is 13.5 Å². The molecule has 0 saturated carbocycles. The highest BCUT2D eigenvalue weighted by Crippen LogP contribution is 2.33. The zero-order valence-electron chi connectivity index (χ0n) is 12.6. The summed E-state index contributed by atoms with van der Waals surface area (Å²) >= 11 is 0. The van der Waals surface area contributed by atoms with Gasteiger partial charge in [0.1, 0.15) is 5.60 Å². The van der Waals surface area contributed by atoms with E-state index in [0.717, 1.165) is 12.0 Å². The smallest absolute Gasteiger partial charge is 0.167 e. The van der Waals surface area contributed by atoms with Gasteiger partial charge in [-0.25, -0.2) is 0 Å². The summed E-state index contributed by atoms with van der Waals surface area (Å²) in [5.41, 5.74) is 1.80. The summed E-state index contributed by atoms with van der Waals surface area (Å²) in [7, 11) is 1.63. The molecule has 2 rings (SSSR count). The number of carbonyl (C=O) groups excluding carboxylic acids is 1. The van der Waals surface area contributed by atoms with E-state index in [-0.39, 0.29) is 11.9 Å². The number of hydrogen-bond donors (Lipinski definition) is 0. The van der Waals surface area contributed by atoms with E-state index in [2.05, 4.69) is 12.1 Å². The third-order valence-corrected chi connectivity index (χ3v) is 4.50. The molecule has 1 aromatic carbocycles. The van der Waals surface area contributed by atoms with Gasteiger partial charge in [-0.2, -0.15) is 0 Å². The highest BCUT2D eigenvalue weighted by atomic mass is 16.5. The molecule has 0 aromatic heterocycles. The molecule has 1 heterocycles. The molecule has 3 heteroatoms. The van der Waals surface area contributed by atoms with Gasteiger partial charge in [0.2, 0.25) is 0 Å². The molecule has 1 unspecified atom stereocenters. The Bertz CT molecular complexity index is 455. The van der Waals surface area contributed by atoms with Crippen molar-refractivity contribution in [2.45, 2.75) is 51.2 Å². The van der Waals surface area contributed by atoms with E-state index >= 15 is 0 Å². The summed E-state index contributed by atoms with van der Waals surface area (Å²) in [6.07, 6.45) is 2.60. The molecule has 20 heavy (non-hydrogen) atoms. The Morgan fingerprint density at radius 1 is 1.35 bits per heavy atom. The van der Waals surface area contributed by atoms with Gasteiger partial charge in [-0.05, 0) is 30.4 Å². The van der Waals surface area contributed by atoms with Gasteiger partial charge in [0.15, 0.2) is 5.78 Å². The lowest BCUT2D eigenvalue weighted by molar-refractivity contribution is -0.145. The normalized spacial score (nSPS) is 18.6. The second kappa shape index (κ2) is 6.51. The molecular weight excluding hydrogens is 252 g/mol. The Kier molecular flexibility index (Phi) is 4.95. The third-order valence-electron chi connectivity index (χ3n) is 4.50. The zero-order valence-corrected chi connectivity index (χ0v) is 12.6. The monoisotopic (exact) mass is 276 g/mol. The fourth-order valence-corrected chi connectivity index (χ4v) is 3.05. The van der Waals surface area contributed by atoms with Crippen molar-refractivity contribution >= 4 is 5.78 Å². The Balaban J connectivity index is 2.17. The molecule has 0 amide bonds. The summed E-state index contributed by atoms with van der Waals surface area (Å²) in [5, 5.41) is 0. The molecule has 1 aromatic rings. The molecule has 0 spiro atoms. The molecule has 0 radical (unpaired) electrons. The summed E-state index contributed by atoms with van der Waals surface area (Å²) in [5.74, 6) is 0.145. The molecule has 1 aliphatic rings. The Morgan fingerprint density at radius 2 is 2.05 bits per heavy atom. The van der Waals surface area contributed by atoms with Crippen LogP contribution in [0.4, 0.5) is 0 Å². The zero-order chi connectivity index (χ0) is 14.6. The number of fused-ring (bicyclic) bond motifs is 1. The Labute approximate surface area is 121 Å². The van der Waals surface area contributed by atoms with Crippen molar-refractivity contribution in [2.24, 2.45) is 0 Å². The van der Waals surface area contributed by atoms with Gasteiger partial charge < -0.3 is 9.47 Å². The van der Waals surface area contributed by atoms with Crippen molar-refractivity contribution in [2.75, 3.05) is 13.7 Å². The van der Waals surface area contributed by atoms with Gasteiger partial charge in [0.05, 0.1) is 12.7 Å². The van der Waals surface area contributed by atoms with Crippen molar-refractivity contribution in [3.05, 3.63) is 35.4 Å². The van der Waals surface area contributed by atoms with Crippen molar-refractivity contribution in [1.82, 2.24) is 0 Å². The number of rotatable bonds is 6. The SMILES string of the molecule is CCC(CC)(OC)C(=O)CC1OCCc2ccccc21. The van der Waals surface area contributed by atoms with E-state index in [9.17, 15) is 4.79 Å². The molecule has 0 aliphatic carbocycles. The van der Waals surface area contributed by atoms with Gasteiger partial charge in [0.25, 0.3) is 0 Å². The van der Waals surface area contributed by atoms with Crippen LogP contribution in [0.5, 0.6) is 0 Å². The summed E-state index contributed by atoms with van der Waals surface area (Å²) in [6, 6.07) is 8.24. The molecule has 0 fully saturated rings. The Morgan fingerprint density at radius 3 is 2.70 bits per heavy atom. The molecule has 110 valence electrons. The number of methoxy groups -OCH3 is 1. The van der Waals surface area contributed by atoms with E-state index in [1.807, 2.05) is 26.0 Å². The molecule has 0 saturated heterocycles. The summed E-state index contributed by atoms with van der Waals surface area (Å²) < 4.78 is 11.3. The first-order valence-electron chi connectivity index (χ1n) is 7.44. The van der Waals surface area contributed by atoms with Gasteiger partial charge in [-0.3, -0.25) is 4.79 Å². The van der Waals surface area contributed by atoms with Crippen LogP contribution in [0, 0.1) is 0 Å². The van der Waals surface area contributed by atoms with Crippen LogP contribution in [0.25, 0.3) is 0 Å². The number of benzene rings is 1. The molecule has 1 atom stereocenters. The van der Waals surface area contributed by atoms with E-state index in [1.165, 1.54) is 5.56 Å². The van der Waals surface area contributed by atoms with Crippen LogP contribution in [0.2, 0.25) is 0 Å². The van der Waals surface area contributed by atoms with Crippen molar-refractivity contribution in [3.8, 4) is 0 Å². The summed E-state index contributed by atoms with van der Waals surface area (Å²) in [4.78, 5) is 12.6. The van der Waals surface area contributed by atoms with Gasteiger partial charge in [-0.15, -0.1) is 0 Å². The lowest BCUT2D eigenvalue weighted by Gasteiger charge is -2.32. The number of hydrogen-bond acceptors (Lipinski definition) is 3. The van der Waals surface area contributed by atoms with Crippen LogP contribution in [-0.2, 0) is 20.7 Å². The minimum absolute atomic E-state index is 0.125. The van der Waals surface area contributed by atoms with Crippen molar-refractivity contribution in [1.29, 1.82) is 0 Å². The van der Waals surface area contributed by atoms with E-state index in [4.69, 9.17) is 9.47 Å². The van der Waals surface area contributed by atoms with Crippen molar-refractivity contribution < 1.29 is 14.3 Å². The van der Waals surface area contributed by atoms with E-state index in [1.54, 1.807) is 7.11 Å². The van der Waals surface area contributed by atoms with E-state index < -0.39 is 5.60 Å². The summed E-state index contributed by atoms with van der Waals surface area (Å²) in [6.45, 7) is 4.69. The highest BCUT2D eigenvalue weighted by molar-refractivity contribution is 5.87. The highest BCUT2D eigenvalue weighted by Gasteiger charge is 2.36. The fraction of sp³-hybridized carbons (Fsp3) is 0.588. The fourth-order valence-electron chi connectivity index (χ4n) is 3.05. The maximum absolute atomic E-state index is 12.6. The first-order valence-corrected chi connectivity index (χ1v) is 7.44. The van der Waals surface area contributed by atoms with Gasteiger partial charge in [-0.1, -0.05) is 38.1 Å². The number of ether oxygens (including phenoxy) is 2. The second-order valence-corrected chi connectivity index (χ2v) is 5.34. The van der Waals surface area contributed by atoms with Crippen LogP contribution < -0.4 is 0 Å². The minimum Gasteiger partial charge on any atom is -0.373 e. The molecular formula is C17H24O3. The van der Waals surface area contributed by atoms with Crippen LogP contribution in [0.15, 0.2) is 24.3 Å². The average molecular weight is 276 g/mol. The predicted octanol–water partition coefficient (Wildman–Crippen LogP) is 3.46. The maximum atomic E-state index is 12.6. The standard InChI is InChI=1S/C17H24O3/c1-4-17(5-2,19-3)16(18)12-15-14-9-7-6-8-13(14)10-11-20-15/h6-9,15H,4-5,10-12H2,1-3H3. The molecule has 0 N–H and O–H groups in total. The third kappa shape index (κ3) is 2.79. The maximum Gasteiger partial charge on any atom is 0.167 e. The Hall–Kier alpha value is -1.19. The molecule has 0 bridgehead atoms. The second-order valence-electron chi connectivity index (χ2n) is 5.34. The minimum atomic E-state index is -0.657. The predicted molar refractivity (Wildman–Crippen MR) is 78.8 cm³/mol. The topological polar surface area (TPSA) is 35.5 Å².